The number of fused-ring (bicyclic) bond motifs is 2. The SMILES string of the molecule is CN(C)c1cc2c(s1)CC(NCC1OCCc3sc(F)cc31)OC2CN. The molecule has 8 heteroatoms. The number of nitrogens with one attached hydrogen (secondary N) is 1. The highest BCUT2D eigenvalue weighted by Crippen LogP contribution is 2.39. The summed E-state index contributed by atoms with van der Waals surface area (Å²) in [5.74, 6) is 0. The van der Waals surface area contributed by atoms with Crippen LogP contribution in [0, 0.1) is 5.13 Å². The highest BCUT2D eigenvalue weighted by molar-refractivity contribution is 7.16. The molecule has 0 spiro atoms. The highest BCUT2D eigenvalue weighted by atomic mass is 32.1. The Morgan fingerprint density at radius 3 is 2.81 bits per heavy atom. The first-order valence-electron chi connectivity index (χ1n) is 8.83. The number of halogens is 1. The summed E-state index contributed by atoms with van der Waals surface area (Å²) in [6.45, 7) is 1.69. The van der Waals surface area contributed by atoms with E-state index >= 15 is 0 Å². The predicted molar refractivity (Wildman–Crippen MR) is 104 cm³/mol. The van der Waals surface area contributed by atoms with Gasteiger partial charge >= 0.3 is 0 Å². The van der Waals surface area contributed by atoms with E-state index in [1.807, 2.05) is 14.1 Å². The maximum atomic E-state index is 13.6. The molecule has 0 amide bonds. The maximum absolute atomic E-state index is 13.6. The summed E-state index contributed by atoms with van der Waals surface area (Å²) >= 11 is 3.02. The number of rotatable bonds is 5. The Kier molecular flexibility index (Phi) is 5.31. The lowest BCUT2D eigenvalue weighted by atomic mass is 10.0. The molecule has 2 aromatic rings. The molecular weight excluding hydrogens is 373 g/mol. The van der Waals surface area contributed by atoms with Gasteiger partial charge < -0.3 is 20.1 Å². The van der Waals surface area contributed by atoms with Crippen molar-refractivity contribution in [3.05, 3.63) is 38.1 Å². The van der Waals surface area contributed by atoms with E-state index in [1.165, 1.54) is 26.8 Å². The Balaban J connectivity index is 1.45. The van der Waals surface area contributed by atoms with Crippen LogP contribution in [0.3, 0.4) is 0 Å². The second-order valence-electron chi connectivity index (χ2n) is 6.86. The molecule has 2 aliphatic heterocycles. The van der Waals surface area contributed by atoms with Crippen LogP contribution >= 0.6 is 22.7 Å². The zero-order chi connectivity index (χ0) is 18.3. The van der Waals surface area contributed by atoms with Crippen LogP contribution in [0.15, 0.2) is 12.1 Å². The lowest BCUT2D eigenvalue weighted by Gasteiger charge is -2.32. The number of hydrogen-bond donors (Lipinski definition) is 2. The third kappa shape index (κ3) is 3.54. The van der Waals surface area contributed by atoms with E-state index in [2.05, 4.69) is 16.3 Å². The van der Waals surface area contributed by atoms with Crippen LogP contribution in [0.25, 0.3) is 0 Å². The third-order valence-corrected chi connectivity index (χ3v) is 7.21. The van der Waals surface area contributed by atoms with Gasteiger partial charge in [0.15, 0.2) is 5.13 Å². The van der Waals surface area contributed by atoms with Crippen molar-refractivity contribution < 1.29 is 13.9 Å². The smallest absolute Gasteiger partial charge is 0.177 e. The first-order chi connectivity index (χ1) is 12.5. The summed E-state index contributed by atoms with van der Waals surface area (Å²) in [5, 5.41) is 4.54. The van der Waals surface area contributed by atoms with Gasteiger partial charge in [-0.05, 0) is 23.3 Å². The van der Waals surface area contributed by atoms with Gasteiger partial charge in [0.1, 0.15) is 6.23 Å². The topological polar surface area (TPSA) is 59.8 Å². The quantitative estimate of drug-likeness (QED) is 0.813. The molecule has 0 saturated carbocycles. The summed E-state index contributed by atoms with van der Waals surface area (Å²) in [5.41, 5.74) is 8.12. The molecule has 5 nitrogen and oxygen atoms in total. The largest absolute Gasteiger partial charge is 0.372 e. The highest BCUT2D eigenvalue weighted by Gasteiger charge is 2.31. The van der Waals surface area contributed by atoms with E-state index in [-0.39, 0.29) is 23.6 Å². The molecule has 2 aliphatic rings. The average molecular weight is 398 g/mol. The molecule has 0 saturated heterocycles. The molecular formula is C18H24FN3O2S2. The van der Waals surface area contributed by atoms with Gasteiger partial charge in [-0.1, -0.05) is 0 Å². The molecule has 26 heavy (non-hydrogen) atoms. The van der Waals surface area contributed by atoms with Gasteiger partial charge in [0.2, 0.25) is 0 Å². The Hall–Kier alpha value is -1.03. The van der Waals surface area contributed by atoms with Crippen molar-refractivity contribution in [2.45, 2.75) is 31.3 Å². The minimum absolute atomic E-state index is 0.0948. The van der Waals surface area contributed by atoms with Gasteiger partial charge in [0.05, 0.1) is 23.8 Å². The van der Waals surface area contributed by atoms with Crippen molar-refractivity contribution in [2.75, 3.05) is 38.7 Å². The number of ether oxygens (including phenoxy) is 2. The summed E-state index contributed by atoms with van der Waals surface area (Å²) in [6, 6.07) is 3.79. The van der Waals surface area contributed by atoms with Crippen LogP contribution in [0.1, 0.15) is 33.1 Å². The fourth-order valence-electron chi connectivity index (χ4n) is 3.54. The predicted octanol–water partition coefficient (Wildman–Crippen LogP) is 2.82. The average Bonchev–Trinajstić information content (AvgIpc) is 3.21. The standard InChI is InChI=1S/C18H24FN3O2S2/c1-22(2)18-6-11-12(8-20)24-17(7-15(11)26-18)21-9-13-10-5-16(19)25-14(10)3-4-23-13/h5-6,12-13,17,21H,3-4,7-9,20H2,1-2H3. The van der Waals surface area contributed by atoms with Crippen molar-refractivity contribution in [3.8, 4) is 0 Å². The molecule has 3 unspecified atom stereocenters. The van der Waals surface area contributed by atoms with E-state index in [4.69, 9.17) is 15.2 Å². The Labute approximate surface area is 160 Å². The molecule has 4 heterocycles. The van der Waals surface area contributed by atoms with Crippen LogP contribution in [0.4, 0.5) is 9.39 Å². The Bertz CT molecular complexity index is 777. The van der Waals surface area contributed by atoms with Gasteiger partial charge in [0, 0.05) is 49.8 Å². The monoisotopic (exact) mass is 397 g/mol. The van der Waals surface area contributed by atoms with Gasteiger partial charge in [-0.3, -0.25) is 5.32 Å². The van der Waals surface area contributed by atoms with Crippen LogP contribution in [0.2, 0.25) is 0 Å². The van der Waals surface area contributed by atoms with Crippen LogP contribution in [0.5, 0.6) is 0 Å². The number of nitrogens with two attached hydrogens (primary N) is 1. The summed E-state index contributed by atoms with van der Waals surface area (Å²) < 4.78 is 25.6. The second kappa shape index (κ2) is 7.53. The molecule has 3 N–H and O–H groups in total. The van der Waals surface area contributed by atoms with Crippen LogP contribution < -0.4 is 16.0 Å². The fourth-order valence-corrected chi connectivity index (χ4v) is 5.62. The van der Waals surface area contributed by atoms with Gasteiger partial charge in [0.25, 0.3) is 0 Å². The van der Waals surface area contributed by atoms with Gasteiger partial charge in [-0.2, -0.15) is 4.39 Å². The Morgan fingerprint density at radius 2 is 2.04 bits per heavy atom. The zero-order valence-corrected chi connectivity index (χ0v) is 16.6. The van der Waals surface area contributed by atoms with E-state index < -0.39 is 0 Å². The Morgan fingerprint density at radius 1 is 1.23 bits per heavy atom. The van der Waals surface area contributed by atoms with E-state index in [1.54, 1.807) is 17.4 Å². The number of hydrogen-bond acceptors (Lipinski definition) is 7. The van der Waals surface area contributed by atoms with Crippen LogP contribution in [-0.4, -0.2) is 40.0 Å². The fraction of sp³-hybridized carbons (Fsp3) is 0.556. The molecule has 0 bridgehead atoms. The molecule has 0 radical (unpaired) electrons. The first kappa shape index (κ1) is 18.3. The van der Waals surface area contributed by atoms with Crippen molar-refractivity contribution in [3.63, 3.8) is 0 Å². The molecule has 0 fully saturated rings. The van der Waals surface area contributed by atoms with E-state index in [0.29, 0.717) is 19.7 Å². The van der Waals surface area contributed by atoms with Crippen molar-refractivity contribution in [1.29, 1.82) is 0 Å². The van der Waals surface area contributed by atoms with Crippen molar-refractivity contribution >= 4 is 27.7 Å². The van der Waals surface area contributed by atoms with E-state index in [0.717, 1.165) is 23.3 Å². The van der Waals surface area contributed by atoms with Crippen LogP contribution in [-0.2, 0) is 22.3 Å². The second-order valence-corrected chi connectivity index (χ2v) is 9.06. The van der Waals surface area contributed by atoms with Gasteiger partial charge in [-0.25, -0.2) is 0 Å². The van der Waals surface area contributed by atoms with Crippen molar-refractivity contribution in [2.24, 2.45) is 5.73 Å². The molecule has 4 rings (SSSR count). The lowest BCUT2D eigenvalue weighted by molar-refractivity contribution is -0.0482. The molecule has 2 aromatic heterocycles. The van der Waals surface area contributed by atoms with E-state index in [9.17, 15) is 4.39 Å². The number of nitrogens with zero attached hydrogens (tertiary/aromatic N) is 1. The molecule has 142 valence electrons. The summed E-state index contributed by atoms with van der Waals surface area (Å²) in [4.78, 5) is 4.53. The maximum Gasteiger partial charge on any atom is 0.177 e. The van der Waals surface area contributed by atoms with Gasteiger partial charge in [-0.15, -0.1) is 22.7 Å². The molecule has 3 atom stereocenters. The number of thiophene rings is 2. The third-order valence-electron chi connectivity index (χ3n) is 4.87. The summed E-state index contributed by atoms with van der Waals surface area (Å²) in [6.07, 6.45) is 1.27. The molecule has 0 aliphatic carbocycles. The zero-order valence-electron chi connectivity index (χ0n) is 15.0. The minimum atomic E-state index is -0.137. The molecule has 0 aromatic carbocycles. The number of anilines is 1. The van der Waals surface area contributed by atoms with Crippen molar-refractivity contribution in [1.82, 2.24) is 5.32 Å². The first-order valence-corrected chi connectivity index (χ1v) is 10.5. The lowest BCUT2D eigenvalue weighted by Crippen LogP contribution is -2.42. The summed E-state index contributed by atoms with van der Waals surface area (Å²) in [7, 11) is 4.09. The normalized spacial score (nSPS) is 25.0. The minimum Gasteiger partial charge on any atom is -0.372 e.